The molecule has 1 N–H and O–H groups in total. The van der Waals surface area contributed by atoms with Crippen molar-refractivity contribution in [2.45, 2.75) is 6.42 Å². The number of halogens is 2. The molecule has 0 aromatic carbocycles. The van der Waals surface area contributed by atoms with Gasteiger partial charge in [0.2, 0.25) is 0 Å². The molecule has 12 heavy (non-hydrogen) atoms. The van der Waals surface area contributed by atoms with Crippen LogP contribution in [0.25, 0.3) is 0 Å². The monoisotopic (exact) mass is 233 g/mol. The van der Waals surface area contributed by atoms with Crippen molar-refractivity contribution < 1.29 is 14.3 Å². The van der Waals surface area contributed by atoms with Crippen molar-refractivity contribution in [1.29, 1.82) is 0 Å². The maximum atomic E-state index is 12.6. The predicted octanol–water partition coefficient (Wildman–Crippen LogP) is 1.61. The van der Waals surface area contributed by atoms with E-state index in [0.29, 0.717) is 5.69 Å². The number of rotatable bonds is 2. The summed E-state index contributed by atoms with van der Waals surface area (Å²) in [5, 5.41) is 8.38. The number of hydrogen-bond donors (Lipinski definition) is 1. The number of pyridine rings is 1. The van der Waals surface area contributed by atoms with Crippen molar-refractivity contribution in [3.63, 3.8) is 0 Å². The van der Waals surface area contributed by atoms with Gasteiger partial charge in [-0.25, -0.2) is 4.39 Å². The molecule has 0 radical (unpaired) electrons. The zero-order valence-electron chi connectivity index (χ0n) is 5.92. The van der Waals surface area contributed by atoms with E-state index >= 15 is 0 Å². The standard InChI is InChI=1S/C7H5BrFNO2/c8-5-1-4(2-7(11)12)10-3-6(5)9/h1,3H,2H2,(H,11,12). The molecule has 0 aliphatic carbocycles. The molecule has 0 aliphatic heterocycles. The van der Waals surface area contributed by atoms with Crippen LogP contribution in [-0.4, -0.2) is 16.1 Å². The minimum atomic E-state index is -0.985. The van der Waals surface area contributed by atoms with Gasteiger partial charge in [-0.1, -0.05) is 0 Å². The molecule has 0 amide bonds. The van der Waals surface area contributed by atoms with E-state index < -0.39 is 11.8 Å². The lowest BCUT2D eigenvalue weighted by Gasteiger charge is -1.97. The number of nitrogens with zero attached hydrogens (tertiary/aromatic N) is 1. The molecular formula is C7H5BrFNO2. The van der Waals surface area contributed by atoms with Gasteiger partial charge in [0.15, 0.2) is 5.82 Å². The largest absolute Gasteiger partial charge is 0.481 e. The van der Waals surface area contributed by atoms with Crippen LogP contribution in [0.5, 0.6) is 0 Å². The lowest BCUT2D eigenvalue weighted by atomic mass is 10.3. The van der Waals surface area contributed by atoms with Gasteiger partial charge in [-0.15, -0.1) is 0 Å². The summed E-state index contributed by atoms with van der Waals surface area (Å²) in [6, 6.07) is 1.35. The highest BCUT2D eigenvalue weighted by atomic mass is 79.9. The summed E-state index contributed by atoms with van der Waals surface area (Å²) in [6.45, 7) is 0. The topological polar surface area (TPSA) is 50.2 Å². The highest BCUT2D eigenvalue weighted by molar-refractivity contribution is 9.10. The molecule has 1 aromatic rings. The molecule has 0 fully saturated rings. The van der Waals surface area contributed by atoms with Crippen molar-refractivity contribution >= 4 is 21.9 Å². The highest BCUT2D eigenvalue weighted by Gasteiger charge is 2.04. The number of carbonyl (C=O) groups is 1. The van der Waals surface area contributed by atoms with Gasteiger partial charge < -0.3 is 5.11 Å². The van der Waals surface area contributed by atoms with Crippen LogP contribution in [0.1, 0.15) is 5.69 Å². The number of carboxylic acids is 1. The number of hydrogen-bond acceptors (Lipinski definition) is 2. The van der Waals surface area contributed by atoms with Gasteiger partial charge in [-0.05, 0) is 22.0 Å². The first-order chi connectivity index (χ1) is 5.59. The summed E-state index contributed by atoms with van der Waals surface area (Å²) in [5.41, 5.74) is 0.329. The molecule has 1 aromatic heterocycles. The van der Waals surface area contributed by atoms with E-state index in [2.05, 4.69) is 20.9 Å². The Morgan fingerprint density at radius 2 is 2.42 bits per heavy atom. The maximum Gasteiger partial charge on any atom is 0.309 e. The first-order valence-electron chi connectivity index (χ1n) is 3.11. The fraction of sp³-hybridized carbons (Fsp3) is 0.143. The Morgan fingerprint density at radius 3 is 2.92 bits per heavy atom. The van der Waals surface area contributed by atoms with E-state index in [9.17, 15) is 9.18 Å². The van der Waals surface area contributed by atoms with E-state index in [4.69, 9.17) is 5.11 Å². The van der Waals surface area contributed by atoms with Gasteiger partial charge in [0.25, 0.3) is 0 Å². The average Bonchev–Trinajstić information content (AvgIpc) is 1.96. The Balaban J connectivity index is 2.89. The van der Waals surface area contributed by atoms with Crippen LogP contribution in [0.2, 0.25) is 0 Å². The molecule has 0 aliphatic rings. The summed E-state index contributed by atoms with van der Waals surface area (Å²) < 4.78 is 12.8. The first-order valence-corrected chi connectivity index (χ1v) is 3.90. The number of aromatic nitrogens is 1. The number of carboxylic acid groups (broad SMARTS) is 1. The predicted molar refractivity (Wildman–Crippen MR) is 43.2 cm³/mol. The Labute approximate surface area is 76.4 Å². The second-order valence-corrected chi connectivity index (χ2v) is 3.01. The summed E-state index contributed by atoms with van der Waals surface area (Å²) in [4.78, 5) is 13.8. The molecule has 1 rings (SSSR count). The van der Waals surface area contributed by atoms with Crippen molar-refractivity contribution in [2.75, 3.05) is 0 Å². The van der Waals surface area contributed by atoms with Crippen LogP contribution < -0.4 is 0 Å². The molecule has 0 bridgehead atoms. The third-order valence-electron chi connectivity index (χ3n) is 1.20. The van der Waals surface area contributed by atoms with Crippen molar-refractivity contribution in [2.24, 2.45) is 0 Å². The van der Waals surface area contributed by atoms with E-state index in [-0.39, 0.29) is 10.9 Å². The highest BCUT2D eigenvalue weighted by Crippen LogP contribution is 2.14. The van der Waals surface area contributed by atoms with Crippen LogP contribution in [0, 0.1) is 5.82 Å². The zero-order chi connectivity index (χ0) is 9.14. The number of aliphatic carboxylic acids is 1. The molecule has 0 atom stereocenters. The third kappa shape index (κ3) is 2.27. The van der Waals surface area contributed by atoms with Crippen LogP contribution in [0.4, 0.5) is 4.39 Å². The Morgan fingerprint density at radius 1 is 1.75 bits per heavy atom. The summed E-state index contributed by atoms with van der Waals surface area (Å²) >= 11 is 2.93. The second kappa shape index (κ2) is 3.62. The van der Waals surface area contributed by atoms with Gasteiger partial charge in [0, 0.05) is 0 Å². The van der Waals surface area contributed by atoms with Crippen LogP contribution in [-0.2, 0) is 11.2 Å². The van der Waals surface area contributed by atoms with Gasteiger partial charge in [-0.3, -0.25) is 9.78 Å². The minimum Gasteiger partial charge on any atom is -0.481 e. The zero-order valence-corrected chi connectivity index (χ0v) is 7.51. The molecule has 0 spiro atoms. The molecule has 0 saturated heterocycles. The molecule has 0 unspecified atom stereocenters. The van der Waals surface area contributed by atoms with Crippen LogP contribution in [0.15, 0.2) is 16.7 Å². The molecule has 64 valence electrons. The van der Waals surface area contributed by atoms with E-state index in [1.54, 1.807) is 0 Å². The molecule has 1 heterocycles. The van der Waals surface area contributed by atoms with Crippen LogP contribution >= 0.6 is 15.9 Å². The maximum absolute atomic E-state index is 12.6. The summed E-state index contributed by atoms with van der Waals surface area (Å²) in [6.07, 6.45) is 0.793. The van der Waals surface area contributed by atoms with Gasteiger partial charge in [-0.2, -0.15) is 0 Å². The quantitative estimate of drug-likeness (QED) is 0.845. The molecule has 5 heteroatoms. The van der Waals surface area contributed by atoms with Gasteiger partial charge in [0.1, 0.15) is 0 Å². The average molecular weight is 234 g/mol. The van der Waals surface area contributed by atoms with Crippen molar-refractivity contribution in [3.05, 3.63) is 28.2 Å². The Bertz CT molecular complexity index is 316. The smallest absolute Gasteiger partial charge is 0.309 e. The van der Waals surface area contributed by atoms with Gasteiger partial charge in [0.05, 0.1) is 22.8 Å². The lowest BCUT2D eigenvalue weighted by molar-refractivity contribution is -0.136. The van der Waals surface area contributed by atoms with E-state index in [1.807, 2.05) is 0 Å². The third-order valence-corrected chi connectivity index (χ3v) is 1.81. The van der Waals surface area contributed by atoms with Crippen LogP contribution in [0.3, 0.4) is 0 Å². The lowest BCUT2D eigenvalue weighted by Crippen LogP contribution is -2.02. The SMILES string of the molecule is O=C(O)Cc1cc(Br)c(F)cn1. The van der Waals surface area contributed by atoms with Crippen molar-refractivity contribution in [1.82, 2.24) is 4.98 Å². The summed E-state index contributed by atoms with van der Waals surface area (Å²) in [5.74, 6) is -1.48. The normalized spacial score (nSPS) is 9.83. The summed E-state index contributed by atoms with van der Waals surface area (Å²) in [7, 11) is 0. The first kappa shape index (κ1) is 9.12. The molecule has 0 saturated carbocycles. The molecular weight excluding hydrogens is 229 g/mol. The fourth-order valence-electron chi connectivity index (χ4n) is 0.705. The van der Waals surface area contributed by atoms with E-state index in [1.165, 1.54) is 6.07 Å². The van der Waals surface area contributed by atoms with Gasteiger partial charge >= 0.3 is 5.97 Å². The Kier molecular flexibility index (Phi) is 2.75. The van der Waals surface area contributed by atoms with Crippen molar-refractivity contribution in [3.8, 4) is 0 Å². The van der Waals surface area contributed by atoms with E-state index in [0.717, 1.165) is 6.20 Å². The second-order valence-electron chi connectivity index (χ2n) is 2.16. The Hall–Kier alpha value is -0.970. The minimum absolute atomic E-state index is 0.196. The fourth-order valence-corrected chi connectivity index (χ4v) is 1.07. The molecule has 3 nitrogen and oxygen atoms in total.